The highest BCUT2D eigenvalue weighted by atomic mass is 16.5. The number of nitrogens with zero attached hydrogens (tertiary/aromatic N) is 2. The summed E-state index contributed by atoms with van der Waals surface area (Å²) in [6, 6.07) is 24.4. The monoisotopic (exact) mass is 453 g/mol. The molecular weight excluding hydrogens is 422 g/mol. The Morgan fingerprint density at radius 3 is 2.44 bits per heavy atom. The van der Waals surface area contributed by atoms with Gasteiger partial charge in [-0.15, -0.1) is 0 Å². The Balaban J connectivity index is 1.41. The summed E-state index contributed by atoms with van der Waals surface area (Å²) in [5.41, 5.74) is 8.21. The van der Waals surface area contributed by atoms with Gasteiger partial charge in [-0.05, 0) is 54.5 Å². The maximum Gasteiger partial charge on any atom is 0.277 e. The lowest BCUT2D eigenvalue weighted by Gasteiger charge is -2.20. The van der Waals surface area contributed by atoms with Gasteiger partial charge in [-0.2, -0.15) is 5.10 Å². The molecule has 0 saturated heterocycles. The summed E-state index contributed by atoms with van der Waals surface area (Å²) in [4.78, 5) is 12.3. The first-order valence-corrected chi connectivity index (χ1v) is 11.5. The topological polar surface area (TPSA) is 55.6 Å². The molecule has 174 valence electrons. The molecule has 4 aromatic rings. The average molecular weight is 454 g/mol. The Morgan fingerprint density at radius 1 is 1.00 bits per heavy atom. The van der Waals surface area contributed by atoms with E-state index < -0.39 is 0 Å². The number of hydrazone groups is 1. The summed E-state index contributed by atoms with van der Waals surface area (Å²) in [5.74, 6) is 0.369. The Morgan fingerprint density at radius 2 is 1.71 bits per heavy atom. The number of benzene rings is 3. The van der Waals surface area contributed by atoms with Gasteiger partial charge < -0.3 is 9.30 Å². The Kier molecular flexibility index (Phi) is 6.55. The van der Waals surface area contributed by atoms with Crippen molar-refractivity contribution in [2.75, 3.05) is 6.61 Å². The van der Waals surface area contributed by atoms with Gasteiger partial charge in [0.05, 0.1) is 6.21 Å². The molecule has 0 atom stereocenters. The molecule has 1 N–H and O–H groups in total. The lowest BCUT2D eigenvalue weighted by atomic mass is 9.87. The number of fused-ring (bicyclic) bond motifs is 1. The summed E-state index contributed by atoms with van der Waals surface area (Å²) in [6.07, 6.45) is 1.68. The van der Waals surface area contributed by atoms with E-state index in [9.17, 15) is 4.79 Å². The van der Waals surface area contributed by atoms with Crippen molar-refractivity contribution >= 4 is 22.9 Å². The number of rotatable bonds is 6. The molecule has 3 aromatic carbocycles. The lowest BCUT2D eigenvalue weighted by molar-refractivity contribution is -0.123. The summed E-state index contributed by atoms with van der Waals surface area (Å²) in [5, 5.41) is 6.20. The number of nitrogens with one attached hydrogen (secondary N) is 1. The smallest absolute Gasteiger partial charge is 0.277 e. The van der Waals surface area contributed by atoms with Crippen molar-refractivity contribution in [3.05, 3.63) is 95.3 Å². The van der Waals surface area contributed by atoms with Crippen molar-refractivity contribution in [3.63, 3.8) is 0 Å². The molecule has 34 heavy (non-hydrogen) atoms. The second-order valence-corrected chi connectivity index (χ2v) is 9.52. The fourth-order valence-corrected chi connectivity index (χ4v) is 4.10. The molecule has 0 saturated carbocycles. The van der Waals surface area contributed by atoms with E-state index in [2.05, 4.69) is 80.0 Å². The molecule has 5 nitrogen and oxygen atoms in total. The average Bonchev–Trinajstić information content (AvgIpc) is 3.10. The van der Waals surface area contributed by atoms with Crippen LogP contribution in [0.3, 0.4) is 0 Å². The molecule has 0 aliphatic heterocycles. The van der Waals surface area contributed by atoms with Gasteiger partial charge in [0.25, 0.3) is 5.91 Å². The maximum atomic E-state index is 12.3. The van der Waals surface area contributed by atoms with Crippen LogP contribution in [0.1, 0.15) is 43.3 Å². The van der Waals surface area contributed by atoms with Crippen molar-refractivity contribution in [2.45, 2.75) is 40.0 Å². The third-order valence-electron chi connectivity index (χ3n) is 5.96. The first-order valence-electron chi connectivity index (χ1n) is 11.5. The number of carbonyl (C=O) groups is 1. The van der Waals surface area contributed by atoms with E-state index in [1.807, 2.05) is 42.5 Å². The molecule has 0 spiro atoms. The van der Waals surface area contributed by atoms with Gasteiger partial charge >= 0.3 is 0 Å². The van der Waals surface area contributed by atoms with E-state index >= 15 is 0 Å². The van der Waals surface area contributed by atoms with Gasteiger partial charge in [0.1, 0.15) is 5.75 Å². The van der Waals surface area contributed by atoms with Crippen molar-refractivity contribution in [1.29, 1.82) is 0 Å². The second kappa shape index (κ2) is 9.56. The molecule has 1 amide bonds. The van der Waals surface area contributed by atoms with E-state index in [1.165, 1.54) is 5.56 Å². The van der Waals surface area contributed by atoms with Gasteiger partial charge in [0.2, 0.25) is 0 Å². The molecule has 0 aliphatic rings. The lowest BCUT2D eigenvalue weighted by Crippen LogP contribution is -2.24. The van der Waals surface area contributed by atoms with Crippen LogP contribution in [0.15, 0.2) is 77.9 Å². The molecule has 4 rings (SSSR count). The Bertz CT molecular complexity index is 1340. The van der Waals surface area contributed by atoms with Crippen molar-refractivity contribution in [1.82, 2.24) is 9.99 Å². The van der Waals surface area contributed by atoms with Crippen LogP contribution < -0.4 is 10.2 Å². The molecule has 0 radical (unpaired) electrons. The van der Waals surface area contributed by atoms with Crippen molar-refractivity contribution < 1.29 is 9.53 Å². The van der Waals surface area contributed by atoms with Gasteiger partial charge in [-0.25, -0.2) is 5.43 Å². The summed E-state index contributed by atoms with van der Waals surface area (Å²) >= 11 is 0. The summed E-state index contributed by atoms with van der Waals surface area (Å²) < 4.78 is 7.93. The molecule has 0 bridgehead atoms. The van der Waals surface area contributed by atoms with Gasteiger partial charge in [-0.1, -0.05) is 69.3 Å². The predicted octanol–water partition coefficient (Wildman–Crippen LogP) is 6.07. The van der Waals surface area contributed by atoms with Crippen LogP contribution in [0.5, 0.6) is 5.75 Å². The van der Waals surface area contributed by atoms with Crippen LogP contribution in [-0.4, -0.2) is 23.3 Å². The van der Waals surface area contributed by atoms with E-state index in [0.29, 0.717) is 5.75 Å². The molecule has 1 heterocycles. The number of amides is 1. The number of hydrogen-bond donors (Lipinski definition) is 1. The maximum absolute atomic E-state index is 12.3. The molecular formula is C29H31N3O2. The van der Waals surface area contributed by atoms with Gasteiger partial charge in [0.15, 0.2) is 6.61 Å². The van der Waals surface area contributed by atoms with Crippen LogP contribution in [0.2, 0.25) is 0 Å². The minimum atomic E-state index is -0.309. The fourth-order valence-electron chi connectivity index (χ4n) is 4.10. The van der Waals surface area contributed by atoms with Crippen LogP contribution >= 0.6 is 0 Å². The van der Waals surface area contributed by atoms with Crippen LogP contribution in [-0.2, 0) is 10.2 Å². The highest BCUT2D eigenvalue weighted by Gasteiger charge is 2.15. The predicted molar refractivity (Wildman–Crippen MR) is 139 cm³/mol. The van der Waals surface area contributed by atoms with Crippen molar-refractivity contribution in [3.8, 4) is 11.4 Å². The number of aryl methyl sites for hydroxylation is 1. The standard InChI is InChI=1S/C29H31N3O2/c1-20-17-23(21(2)32(20)25-15-13-24(14-16-25)29(3,4)5)18-30-31-28(33)19-34-27-12-8-10-22-9-6-7-11-26(22)27/h6-18H,19H2,1-5H3,(H,31,33)/b30-18+. The number of ether oxygens (including phenoxy) is 1. The normalized spacial score (nSPS) is 11.8. The van der Waals surface area contributed by atoms with E-state index in [4.69, 9.17) is 4.74 Å². The van der Waals surface area contributed by atoms with E-state index in [0.717, 1.165) is 33.4 Å². The Hall–Kier alpha value is -3.86. The summed E-state index contributed by atoms with van der Waals surface area (Å²) in [6.45, 7) is 10.7. The molecule has 0 fully saturated rings. The SMILES string of the molecule is Cc1cc(/C=N/NC(=O)COc2cccc3ccccc23)c(C)n1-c1ccc(C(C)(C)C)cc1. The zero-order valence-electron chi connectivity index (χ0n) is 20.4. The number of aromatic nitrogens is 1. The van der Waals surface area contributed by atoms with Crippen LogP contribution in [0.25, 0.3) is 16.5 Å². The highest BCUT2D eigenvalue weighted by molar-refractivity contribution is 5.89. The number of carbonyl (C=O) groups excluding carboxylic acids is 1. The molecule has 5 heteroatoms. The first-order chi connectivity index (χ1) is 16.2. The van der Waals surface area contributed by atoms with Crippen LogP contribution in [0, 0.1) is 13.8 Å². The van der Waals surface area contributed by atoms with Crippen molar-refractivity contribution in [2.24, 2.45) is 5.10 Å². The van der Waals surface area contributed by atoms with Gasteiger partial charge in [-0.3, -0.25) is 4.79 Å². The fraction of sp³-hybridized carbons (Fsp3) is 0.241. The van der Waals surface area contributed by atoms with Crippen LogP contribution in [0.4, 0.5) is 0 Å². The molecule has 0 aliphatic carbocycles. The third-order valence-corrected chi connectivity index (χ3v) is 5.96. The largest absolute Gasteiger partial charge is 0.483 e. The zero-order chi connectivity index (χ0) is 24.3. The molecule has 0 unspecified atom stereocenters. The minimum absolute atomic E-state index is 0.107. The third kappa shape index (κ3) is 5.04. The molecule has 1 aromatic heterocycles. The number of hydrogen-bond acceptors (Lipinski definition) is 3. The van der Waals surface area contributed by atoms with E-state index in [1.54, 1.807) is 6.21 Å². The highest BCUT2D eigenvalue weighted by Crippen LogP contribution is 2.26. The van der Waals surface area contributed by atoms with Gasteiger partial charge in [0, 0.05) is 28.0 Å². The second-order valence-electron chi connectivity index (χ2n) is 9.52. The minimum Gasteiger partial charge on any atom is -0.483 e. The first kappa shape index (κ1) is 23.3. The Labute approximate surface area is 201 Å². The summed E-state index contributed by atoms with van der Waals surface area (Å²) in [7, 11) is 0. The van der Waals surface area contributed by atoms with E-state index in [-0.39, 0.29) is 17.9 Å². The quantitative estimate of drug-likeness (QED) is 0.284. The zero-order valence-corrected chi connectivity index (χ0v) is 20.4.